The van der Waals surface area contributed by atoms with Crippen LogP contribution in [0.2, 0.25) is 0 Å². The number of hydrogen-bond donors (Lipinski definition) is 5. The molecule has 4 rings (SSSR count). The monoisotopic (exact) mass is 423 g/mol. The van der Waals surface area contributed by atoms with Crippen molar-refractivity contribution in [2.45, 2.75) is 12.5 Å². The van der Waals surface area contributed by atoms with Crippen LogP contribution in [0.15, 0.2) is 53.3 Å². The molecule has 9 heteroatoms. The number of rotatable bonds is 6. The van der Waals surface area contributed by atoms with E-state index in [1.165, 1.54) is 18.2 Å². The smallest absolute Gasteiger partial charge is 0.306 e. The molecule has 0 saturated carbocycles. The number of hydrogen-bond acceptors (Lipinski definition) is 4. The van der Waals surface area contributed by atoms with Gasteiger partial charge in [-0.3, -0.25) is 14.4 Å². The van der Waals surface area contributed by atoms with E-state index in [4.69, 9.17) is 5.11 Å². The highest BCUT2D eigenvalue weighted by molar-refractivity contribution is 5.99. The lowest BCUT2D eigenvalue weighted by Crippen LogP contribution is -2.33. The maximum Gasteiger partial charge on any atom is 0.306 e. The van der Waals surface area contributed by atoms with Crippen LogP contribution in [0.3, 0.4) is 0 Å². The quantitative estimate of drug-likeness (QED) is 0.325. The Morgan fingerprint density at radius 3 is 2.65 bits per heavy atom. The zero-order valence-corrected chi connectivity index (χ0v) is 16.1. The Morgan fingerprint density at radius 2 is 1.87 bits per heavy atom. The van der Waals surface area contributed by atoms with Gasteiger partial charge in [-0.15, -0.1) is 0 Å². The standard InChI is InChI=1S/C22H18FN3O5/c23-16-2-1-3-17-14(16)9-15(22(31)26-17)19-6-11-4-5-12(7-18(11)25-19)21(30)24-10-13(27)8-20(28)29/h1-7,9,13,25,27H,8,10H2,(H,24,30)(H,26,31)(H,28,29). The molecule has 5 N–H and O–H groups in total. The van der Waals surface area contributed by atoms with Gasteiger partial charge in [0.05, 0.1) is 29.3 Å². The van der Waals surface area contributed by atoms with E-state index in [-0.39, 0.29) is 23.1 Å². The molecule has 0 spiro atoms. The Labute approximate surface area is 174 Å². The maximum absolute atomic E-state index is 14.1. The molecule has 4 aromatic rings. The van der Waals surface area contributed by atoms with Crippen molar-refractivity contribution in [2.75, 3.05) is 6.54 Å². The van der Waals surface area contributed by atoms with Gasteiger partial charge in [-0.25, -0.2) is 4.39 Å². The average molecular weight is 423 g/mol. The van der Waals surface area contributed by atoms with Crippen molar-refractivity contribution in [3.8, 4) is 11.3 Å². The van der Waals surface area contributed by atoms with E-state index in [1.54, 1.807) is 30.3 Å². The van der Waals surface area contributed by atoms with Gasteiger partial charge < -0.3 is 25.5 Å². The minimum absolute atomic E-state index is 0.197. The fourth-order valence-electron chi connectivity index (χ4n) is 3.39. The number of carboxylic acid groups (broad SMARTS) is 1. The lowest BCUT2D eigenvalue weighted by molar-refractivity contribution is -0.139. The van der Waals surface area contributed by atoms with Crippen LogP contribution in [0, 0.1) is 5.82 Å². The number of pyridine rings is 1. The van der Waals surface area contributed by atoms with Crippen LogP contribution in [0.4, 0.5) is 4.39 Å². The van der Waals surface area contributed by atoms with Gasteiger partial charge in [-0.05, 0) is 36.4 Å². The first kappa shape index (κ1) is 20.3. The first-order chi connectivity index (χ1) is 14.8. The molecule has 0 aliphatic heterocycles. The Bertz CT molecular complexity index is 1370. The van der Waals surface area contributed by atoms with Crippen molar-refractivity contribution in [1.29, 1.82) is 0 Å². The largest absolute Gasteiger partial charge is 0.481 e. The topological polar surface area (TPSA) is 135 Å². The van der Waals surface area contributed by atoms with Gasteiger partial charge in [0.1, 0.15) is 5.82 Å². The summed E-state index contributed by atoms with van der Waals surface area (Å²) in [5.41, 5.74) is 1.63. The Kier molecular flexibility index (Phi) is 5.26. The SMILES string of the molecule is O=C(O)CC(O)CNC(=O)c1ccc2cc(-c3cc4c(F)cccc4[nH]c3=O)[nH]c2c1. The Hall–Kier alpha value is -3.98. The number of aromatic nitrogens is 2. The number of amides is 1. The van der Waals surface area contributed by atoms with Crippen molar-refractivity contribution in [1.82, 2.24) is 15.3 Å². The number of aliphatic hydroxyl groups excluding tert-OH is 1. The number of fused-ring (bicyclic) bond motifs is 2. The second kappa shape index (κ2) is 8.04. The first-order valence-electron chi connectivity index (χ1n) is 9.44. The molecule has 0 fully saturated rings. The lowest BCUT2D eigenvalue weighted by Gasteiger charge is -2.09. The molecule has 2 aromatic carbocycles. The molecule has 0 radical (unpaired) electrons. The first-order valence-corrected chi connectivity index (χ1v) is 9.44. The number of H-pyrrole nitrogens is 2. The number of carbonyl (C=O) groups is 2. The van der Waals surface area contributed by atoms with Crippen molar-refractivity contribution in [3.63, 3.8) is 0 Å². The number of benzene rings is 2. The van der Waals surface area contributed by atoms with Gasteiger partial charge in [0.15, 0.2) is 0 Å². The number of nitrogens with one attached hydrogen (secondary N) is 3. The third-order valence-corrected chi connectivity index (χ3v) is 4.92. The number of aromatic amines is 2. The van der Waals surface area contributed by atoms with E-state index in [0.717, 1.165) is 5.39 Å². The van der Waals surface area contributed by atoms with Gasteiger partial charge in [0, 0.05) is 28.4 Å². The van der Waals surface area contributed by atoms with Gasteiger partial charge in [-0.2, -0.15) is 0 Å². The van der Waals surface area contributed by atoms with Crippen LogP contribution in [0.25, 0.3) is 33.1 Å². The van der Waals surface area contributed by atoms with E-state index in [1.807, 2.05) is 0 Å². The zero-order chi connectivity index (χ0) is 22.1. The van der Waals surface area contributed by atoms with Crippen molar-refractivity contribution in [3.05, 3.63) is 70.3 Å². The summed E-state index contributed by atoms with van der Waals surface area (Å²) in [4.78, 5) is 41.1. The minimum atomic E-state index is -1.19. The molecular formula is C22H18FN3O5. The summed E-state index contributed by atoms with van der Waals surface area (Å²) in [7, 11) is 0. The van der Waals surface area contributed by atoms with Gasteiger partial charge in [0.25, 0.3) is 11.5 Å². The van der Waals surface area contributed by atoms with Crippen molar-refractivity contribution >= 4 is 33.7 Å². The van der Waals surface area contributed by atoms with Gasteiger partial charge in [-0.1, -0.05) is 12.1 Å². The van der Waals surface area contributed by atoms with Crippen molar-refractivity contribution in [2.24, 2.45) is 0 Å². The van der Waals surface area contributed by atoms with E-state index in [9.17, 15) is 23.9 Å². The lowest BCUT2D eigenvalue weighted by atomic mass is 10.1. The van der Waals surface area contributed by atoms with E-state index < -0.39 is 30.2 Å². The van der Waals surface area contributed by atoms with Crippen LogP contribution in [-0.4, -0.2) is 44.7 Å². The summed E-state index contributed by atoms with van der Waals surface area (Å²) < 4.78 is 14.1. The molecule has 2 aromatic heterocycles. The summed E-state index contributed by atoms with van der Waals surface area (Å²) in [5, 5.41) is 21.7. The normalized spacial score (nSPS) is 12.2. The number of halogens is 1. The molecule has 31 heavy (non-hydrogen) atoms. The van der Waals surface area contributed by atoms with E-state index >= 15 is 0 Å². The third-order valence-electron chi connectivity index (χ3n) is 4.92. The maximum atomic E-state index is 14.1. The summed E-state index contributed by atoms with van der Waals surface area (Å²) in [6, 6.07) is 12.5. The summed E-state index contributed by atoms with van der Waals surface area (Å²) in [6.07, 6.45) is -1.66. The van der Waals surface area contributed by atoms with Crippen LogP contribution in [0.5, 0.6) is 0 Å². The molecule has 1 amide bonds. The van der Waals surface area contributed by atoms with E-state index in [0.29, 0.717) is 22.3 Å². The predicted octanol–water partition coefficient (Wildman–Crippen LogP) is 2.38. The third kappa shape index (κ3) is 4.17. The Morgan fingerprint density at radius 1 is 1.06 bits per heavy atom. The average Bonchev–Trinajstić information content (AvgIpc) is 3.14. The molecule has 0 aliphatic rings. The number of aliphatic hydroxyl groups is 1. The van der Waals surface area contributed by atoms with Crippen molar-refractivity contribution < 1.29 is 24.2 Å². The molecule has 1 atom stereocenters. The molecular weight excluding hydrogens is 405 g/mol. The van der Waals surface area contributed by atoms with Gasteiger partial charge in [0.2, 0.25) is 0 Å². The van der Waals surface area contributed by atoms with E-state index in [2.05, 4.69) is 15.3 Å². The highest BCUT2D eigenvalue weighted by atomic mass is 19.1. The molecule has 2 heterocycles. The summed E-state index contributed by atoms with van der Waals surface area (Å²) in [6.45, 7) is -0.197. The highest BCUT2D eigenvalue weighted by Gasteiger charge is 2.14. The molecule has 158 valence electrons. The number of carboxylic acids is 1. The van der Waals surface area contributed by atoms with Crippen LogP contribution in [-0.2, 0) is 4.79 Å². The Balaban J connectivity index is 1.62. The summed E-state index contributed by atoms with van der Waals surface area (Å²) in [5.74, 6) is -2.09. The highest BCUT2D eigenvalue weighted by Crippen LogP contribution is 2.25. The minimum Gasteiger partial charge on any atom is -0.481 e. The fourth-order valence-corrected chi connectivity index (χ4v) is 3.39. The molecule has 0 aliphatic carbocycles. The molecule has 1 unspecified atom stereocenters. The predicted molar refractivity (Wildman–Crippen MR) is 112 cm³/mol. The molecule has 8 nitrogen and oxygen atoms in total. The fraction of sp³-hybridized carbons (Fsp3) is 0.136. The van der Waals surface area contributed by atoms with Crippen LogP contribution in [0.1, 0.15) is 16.8 Å². The molecule has 0 saturated heterocycles. The zero-order valence-electron chi connectivity index (χ0n) is 16.1. The van der Waals surface area contributed by atoms with Crippen LogP contribution >= 0.6 is 0 Å². The summed E-state index contributed by atoms with van der Waals surface area (Å²) >= 11 is 0. The number of aliphatic carboxylic acids is 1. The van der Waals surface area contributed by atoms with Gasteiger partial charge >= 0.3 is 5.97 Å². The number of carbonyl (C=O) groups excluding carboxylic acids is 1. The molecule has 0 bridgehead atoms. The van der Waals surface area contributed by atoms with Crippen LogP contribution < -0.4 is 10.9 Å². The second-order valence-corrected chi connectivity index (χ2v) is 7.16. The second-order valence-electron chi connectivity index (χ2n) is 7.16.